The molecule has 2 unspecified atom stereocenters. The van der Waals surface area contributed by atoms with Gasteiger partial charge in [0.15, 0.2) is 0 Å². The average Bonchev–Trinajstić information content (AvgIpc) is 2.63. The average molecular weight is 339 g/mol. The van der Waals surface area contributed by atoms with Crippen LogP contribution in [0.3, 0.4) is 0 Å². The molecule has 4 heteroatoms. The van der Waals surface area contributed by atoms with E-state index in [1.54, 1.807) is 0 Å². The summed E-state index contributed by atoms with van der Waals surface area (Å²) in [5, 5.41) is 0. The van der Waals surface area contributed by atoms with E-state index in [0.717, 1.165) is 49.4 Å². The molecule has 1 aliphatic carbocycles. The summed E-state index contributed by atoms with van der Waals surface area (Å²) in [5.74, 6) is 0.759. The van der Waals surface area contributed by atoms with Crippen LogP contribution in [0.2, 0.25) is 0 Å². The second-order valence-electron chi connectivity index (χ2n) is 7.35. The van der Waals surface area contributed by atoms with Crippen LogP contribution in [-0.4, -0.2) is 47.9 Å². The Hall–Kier alpha value is -2.07. The molecule has 0 aromatic heterocycles. The highest BCUT2D eigenvalue weighted by Crippen LogP contribution is 2.22. The number of hydrogen-bond donors (Lipinski definition) is 1. The number of allylic oxidation sites excluding steroid dienone is 2. The summed E-state index contributed by atoms with van der Waals surface area (Å²) in [6.45, 7) is 9.85. The highest BCUT2D eigenvalue weighted by Gasteiger charge is 2.26. The maximum Gasteiger partial charge on any atom is 0.253 e. The van der Waals surface area contributed by atoms with Gasteiger partial charge in [-0.1, -0.05) is 25.2 Å². The Labute approximate surface area is 151 Å². The number of hydrogen-bond acceptors (Lipinski definition) is 3. The number of anilines is 1. The van der Waals surface area contributed by atoms with E-state index in [2.05, 4.69) is 37.0 Å². The van der Waals surface area contributed by atoms with Gasteiger partial charge in [-0.15, -0.1) is 0 Å². The minimum absolute atomic E-state index is 0.112. The van der Waals surface area contributed by atoms with Gasteiger partial charge >= 0.3 is 0 Å². The fourth-order valence-electron chi connectivity index (χ4n) is 3.57. The topological polar surface area (TPSA) is 49.6 Å². The molecule has 25 heavy (non-hydrogen) atoms. The molecule has 1 saturated heterocycles. The molecule has 1 heterocycles. The lowest BCUT2D eigenvalue weighted by Crippen LogP contribution is -2.51. The van der Waals surface area contributed by atoms with Crippen molar-refractivity contribution in [2.45, 2.75) is 33.2 Å². The Morgan fingerprint density at radius 1 is 1.24 bits per heavy atom. The van der Waals surface area contributed by atoms with Gasteiger partial charge < -0.3 is 10.6 Å². The summed E-state index contributed by atoms with van der Waals surface area (Å²) in [5.41, 5.74) is 9.70. The maximum atomic E-state index is 12.7. The molecule has 2 N–H and O–H groups in total. The van der Waals surface area contributed by atoms with Crippen LogP contribution in [-0.2, 0) is 0 Å². The summed E-state index contributed by atoms with van der Waals surface area (Å²) in [6, 6.07) is 5.97. The van der Waals surface area contributed by atoms with Gasteiger partial charge in [-0.25, -0.2) is 0 Å². The number of carbonyl (C=O) groups is 1. The number of benzene rings is 1. The van der Waals surface area contributed by atoms with E-state index in [1.165, 1.54) is 5.57 Å². The van der Waals surface area contributed by atoms with Gasteiger partial charge in [0.1, 0.15) is 0 Å². The lowest BCUT2D eigenvalue weighted by Gasteiger charge is -2.39. The van der Waals surface area contributed by atoms with E-state index in [4.69, 9.17) is 5.73 Å². The van der Waals surface area contributed by atoms with Gasteiger partial charge in [-0.05, 0) is 55.5 Å². The number of rotatable bonds is 3. The number of aryl methyl sites for hydroxylation is 1. The third kappa shape index (κ3) is 3.96. The summed E-state index contributed by atoms with van der Waals surface area (Å²) in [4.78, 5) is 17.2. The molecule has 1 aromatic rings. The first-order chi connectivity index (χ1) is 12.0. The molecule has 134 valence electrons. The fourth-order valence-corrected chi connectivity index (χ4v) is 3.57. The molecular formula is C21H29N3O. The number of amides is 1. The monoisotopic (exact) mass is 339 g/mol. The SMILES string of the molecule is Cc1cc(C(=O)N2CCN(C(C)C3=CCC(C)C=C3)CC2)ccc1N. The Morgan fingerprint density at radius 2 is 1.96 bits per heavy atom. The van der Waals surface area contributed by atoms with Crippen molar-refractivity contribution in [2.24, 2.45) is 5.92 Å². The second kappa shape index (κ2) is 7.44. The quantitative estimate of drug-likeness (QED) is 0.860. The zero-order valence-electron chi connectivity index (χ0n) is 15.5. The fraction of sp³-hybridized carbons (Fsp3) is 0.476. The molecule has 0 bridgehead atoms. The molecule has 0 saturated carbocycles. The number of nitrogens with zero attached hydrogens (tertiary/aromatic N) is 2. The van der Waals surface area contributed by atoms with Crippen molar-refractivity contribution in [3.63, 3.8) is 0 Å². The van der Waals surface area contributed by atoms with Crippen molar-refractivity contribution < 1.29 is 4.79 Å². The van der Waals surface area contributed by atoms with Crippen molar-refractivity contribution in [3.8, 4) is 0 Å². The lowest BCUT2D eigenvalue weighted by atomic mass is 9.94. The molecule has 0 spiro atoms. The third-order valence-electron chi connectivity index (χ3n) is 5.49. The molecule has 1 fully saturated rings. The molecular weight excluding hydrogens is 310 g/mol. The Balaban J connectivity index is 1.59. The van der Waals surface area contributed by atoms with Crippen LogP contribution in [0.25, 0.3) is 0 Å². The maximum absolute atomic E-state index is 12.7. The van der Waals surface area contributed by atoms with Crippen LogP contribution in [0, 0.1) is 12.8 Å². The molecule has 1 aliphatic heterocycles. The molecule has 1 amide bonds. The van der Waals surface area contributed by atoms with Crippen molar-refractivity contribution in [1.29, 1.82) is 0 Å². The Morgan fingerprint density at radius 3 is 2.56 bits per heavy atom. The molecule has 1 aromatic carbocycles. The van der Waals surface area contributed by atoms with Gasteiger partial charge in [0.05, 0.1) is 0 Å². The Bertz CT molecular complexity index is 699. The van der Waals surface area contributed by atoms with Crippen LogP contribution in [0.5, 0.6) is 0 Å². The number of nitrogens with two attached hydrogens (primary N) is 1. The van der Waals surface area contributed by atoms with Crippen LogP contribution in [0.1, 0.15) is 36.2 Å². The molecule has 0 radical (unpaired) electrons. The second-order valence-corrected chi connectivity index (χ2v) is 7.35. The molecule has 3 rings (SSSR count). The zero-order valence-corrected chi connectivity index (χ0v) is 15.5. The van der Waals surface area contributed by atoms with Crippen molar-refractivity contribution in [3.05, 3.63) is 53.1 Å². The van der Waals surface area contributed by atoms with Gasteiger partial charge in [0, 0.05) is 43.5 Å². The van der Waals surface area contributed by atoms with E-state index in [1.807, 2.05) is 30.0 Å². The van der Waals surface area contributed by atoms with E-state index in [-0.39, 0.29) is 5.91 Å². The predicted octanol–water partition coefficient (Wildman–Crippen LogP) is 3.25. The molecule has 2 aliphatic rings. The van der Waals surface area contributed by atoms with Crippen LogP contribution in [0.15, 0.2) is 42.0 Å². The van der Waals surface area contributed by atoms with Crippen molar-refractivity contribution in [1.82, 2.24) is 9.80 Å². The van der Waals surface area contributed by atoms with Gasteiger partial charge in [0.2, 0.25) is 0 Å². The summed E-state index contributed by atoms with van der Waals surface area (Å²) < 4.78 is 0. The van der Waals surface area contributed by atoms with Crippen LogP contribution in [0.4, 0.5) is 5.69 Å². The standard InChI is InChI=1S/C21H29N3O/c1-15-4-6-18(7-5-15)17(3)23-10-12-24(13-11-23)21(25)19-8-9-20(22)16(2)14-19/h4,6-9,14-15,17H,5,10-13,22H2,1-3H3. The van der Waals surface area contributed by atoms with Crippen LogP contribution < -0.4 is 5.73 Å². The van der Waals surface area contributed by atoms with Gasteiger partial charge in [-0.2, -0.15) is 0 Å². The van der Waals surface area contributed by atoms with E-state index < -0.39 is 0 Å². The smallest absolute Gasteiger partial charge is 0.253 e. The first kappa shape index (κ1) is 17.7. The Kier molecular flexibility index (Phi) is 5.28. The molecule has 4 nitrogen and oxygen atoms in total. The highest BCUT2D eigenvalue weighted by atomic mass is 16.2. The van der Waals surface area contributed by atoms with Crippen molar-refractivity contribution in [2.75, 3.05) is 31.9 Å². The largest absolute Gasteiger partial charge is 0.399 e. The van der Waals surface area contributed by atoms with E-state index in [9.17, 15) is 4.79 Å². The minimum Gasteiger partial charge on any atom is -0.399 e. The number of nitrogen functional groups attached to an aromatic ring is 1. The number of carbonyl (C=O) groups excluding carboxylic acids is 1. The van der Waals surface area contributed by atoms with Gasteiger partial charge in [0.25, 0.3) is 5.91 Å². The first-order valence-corrected chi connectivity index (χ1v) is 9.23. The predicted molar refractivity (Wildman–Crippen MR) is 104 cm³/mol. The normalized spacial score (nSPS) is 22.6. The third-order valence-corrected chi connectivity index (χ3v) is 5.49. The first-order valence-electron chi connectivity index (χ1n) is 9.23. The summed E-state index contributed by atoms with van der Waals surface area (Å²) in [6.07, 6.45) is 8.07. The van der Waals surface area contributed by atoms with Crippen molar-refractivity contribution >= 4 is 11.6 Å². The summed E-state index contributed by atoms with van der Waals surface area (Å²) >= 11 is 0. The van der Waals surface area contributed by atoms with E-state index in [0.29, 0.717) is 12.0 Å². The van der Waals surface area contributed by atoms with E-state index >= 15 is 0 Å². The molecule has 2 atom stereocenters. The minimum atomic E-state index is 0.112. The zero-order chi connectivity index (χ0) is 18.0. The highest BCUT2D eigenvalue weighted by molar-refractivity contribution is 5.95. The van der Waals surface area contributed by atoms with Gasteiger partial charge in [-0.3, -0.25) is 9.69 Å². The lowest BCUT2D eigenvalue weighted by molar-refractivity contribution is 0.0607. The van der Waals surface area contributed by atoms with Crippen LogP contribution >= 0.6 is 0 Å². The number of piperazine rings is 1. The summed E-state index contributed by atoms with van der Waals surface area (Å²) in [7, 11) is 0.